The molecule has 0 bridgehead atoms. The highest BCUT2D eigenvalue weighted by Crippen LogP contribution is 2.36. The van der Waals surface area contributed by atoms with E-state index >= 15 is 0 Å². The van der Waals surface area contributed by atoms with Gasteiger partial charge in [-0.15, -0.1) is 11.3 Å². The number of nitrogens with zero attached hydrogens (tertiary/aromatic N) is 2. The van der Waals surface area contributed by atoms with Gasteiger partial charge in [-0.25, -0.2) is 16.8 Å². The van der Waals surface area contributed by atoms with E-state index in [1.54, 1.807) is 24.3 Å². The molecule has 0 aliphatic carbocycles. The molecule has 2 aromatic carbocycles. The molecule has 0 spiro atoms. The van der Waals surface area contributed by atoms with Crippen LogP contribution in [0.4, 0.5) is 5.69 Å². The second-order valence-corrected chi connectivity index (χ2v) is 11.9. The molecule has 0 fully saturated rings. The van der Waals surface area contributed by atoms with E-state index in [9.17, 15) is 16.8 Å². The molecule has 0 saturated heterocycles. The fourth-order valence-corrected chi connectivity index (χ4v) is 6.18. The molecule has 1 aromatic heterocycles. The summed E-state index contributed by atoms with van der Waals surface area (Å²) >= 11 is 7.30. The first kappa shape index (κ1) is 21.8. The third-order valence-corrected chi connectivity index (χ3v) is 8.32. The maximum Gasteiger partial charge on any atom is 0.261 e. The lowest BCUT2D eigenvalue weighted by Crippen LogP contribution is -2.25. The van der Waals surface area contributed by atoms with Gasteiger partial charge in [-0.2, -0.15) is 9.52 Å². The van der Waals surface area contributed by atoms with Gasteiger partial charge in [0.15, 0.2) is 0 Å². The highest BCUT2D eigenvalue weighted by atomic mass is 35.5. The van der Waals surface area contributed by atoms with Crippen molar-refractivity contribution in [2.24, 2.45) is 5.10 Å². The Kier molecular flexibility index (Phi) is 5.82. The van der Waals surface area contributed by atoms with E-state index in [2.05, 4.69) is 9.82 Å². The van der Waals surface area contributed by atoms with Gasteiger partial charge in [0, 0.05) is 22.0 Å². The quantitative estimate of drug-likeness (QED) is 0.551. The van der Waals surface area contributed by atoms with E-state index in [0.717, 1.165) is 21.1 Å². The van der Waals surface area contributed by atoms with Gasteiger partial charge in [-0.3, -0.25) is 4.72 Å². The zero-order chi connectivity index (χ0) is 22.2. The monoisotopic (exact) mass is 495 g/mol. The number of benzene rings is 2. The number of rotatable bonds is 6. The fourth-order valence-electron chi connectivity index (χ4n) is 3.22. The molecular weight excluding hydrogens is 478 g/mol. The minimum atomic E-state index is -3.75. The van der Waals surface area contributed by atoms with E-state index in [1.807, 2.05) is 17.5 Å². The Balaban J connectivity index is 1.56. The van der Waals surface area contributed by atoms with E-state index in [4.69, 9.17) is 11.6 Å². The fraction of sp³-hybridized carbons (Fsp3) is 0.150. The third kappa shape index (κ3) is 4.77. The second-order valence-electron chi connectivity index (χ2n) is 6.95. The van der Waals surface area contributed by atoms with Gasteiger partial charge in [0.2, 0.25) is 10.0 Å². The van der Waals surface area contributed by atoms with E-state index in [0.29, 0.717) is 22.8 Å². The molecule has 3 aromatic rings. The lowest BCUT2D eigenvalue weighted by Gasteiger charge is -2.19. The third-order valence-electron chi connectivity index (χ3n) is 4.68. The molecule has 1 unspecified atom stereocenters. The summed E-state index contributed by atoms with van der Waals surface area (Å²) in [6.45, 7) is 0. The molecule has 11 heteroatoms. The number of nitrogens with one attached hydrogen (secondary N) is 1. The van der Waals surface area contributed by atoms with Crippen LogP contribution in [0.5, 0.6) is 0 Å². The van der Waals surface area contributed by atoms with Gasteiger partial charge < -0.3 is 0 Å². The van der Waals surface area contributed by atoms with Crippen LogP contribution in [0.3, 0.4) is 0 Å². The van der Waals surface area contributed by atoms with Crippen molar-refractivity contribution in [2.45, 2.75) is 17.4 Å². The lowest BCUT2D eigenvalue weighted by atomic mass is 10.0. The molecule has 0 saturated carbocycles. The molecule has 1 aliphatic rings. The van der Waals surface area contributed by atoms with Crippen LogP contribution in [0.2, 0.25) is 5.02 Å². The molecule has 0 amide bonds. The average Bonchev–Trinajstić information content (AvgIpc) is 3.38. The van der Waals surface area contributed by atoms with Gasteiger partial charge in [0.05, 0.1) is 16.9 Å². The zero-order valence-electron chi connectivity index (χ0n) is 16.3. The molecule has 1 atom stereocenters. The minimum Gasteiger partial charge on any atom is -0.280 e. The van der Waals surface area contributed by atoms with E-state index < -0.39 is 20.0 Å². The number of halogens is 1. The second kappa shape index (κ2) is 8.27. The maximum atomic E-state index is 12.5. The Labute approximate surface area is 190 Å². The van der Waals surface area contributed by atoms with Crippen molar-refractivity contribution in [1.29, 1.82) is 0 Å². The van der Waals surface area contributed by atoms with Crippen molar-refractivity contribution in [2.75, 3.05) is 11.0 Å². The van der Waals surface area contributed by atoms with Gasteiger partial charge in [0.1, 0.15) is 6.04 Å². The molecule has 7 nitrogen and oxygen atoms in total. The van der Waals surface area contributed by atoms with Gasteiger partial charge in [-0.05, 0) is 53.4 Å². The number of thiophene rings is 1. The van der Waals surface area contributed by atoms with Crippen molar-refractivity contribution in [3.05, 3.63) is 81.5 Å². The maximum absolute atomic E-state index is 12.5. The summed E-state index contributed by atoms with van der Waals surface area (Å²) in [5.74, 6) is 0. The zero-order valence-corrected chi connectivity index (χ0v) is 19.5. The molecule has 4 rings (SSSR count). The summed E-state index contributed by atoms with van der Waals surface area (Å²) in [4.78, 5) is 1.01. The largest absolute Gasteiger partial charge is 0.280 e. The Bertz CT molecular complexity index is 1320. The van der Waals surface area contributed by atoms with Crippen molar-refractivity contribution in [1.82, 2.24) is 4.41 Å². The average molecular weight is 496 g/mol. The van der Waals surface area contributed by atoms with Gasteiger partial charge >= 0.3 is 0 Å². The highest BCUT2D eigenvalue weighted by molar-refractivity contribution is 7.92. The molecule has 1 N–H and O–H groups in total. The summed E-state index contributed by atoms with van der Waals surface area (Å²) < 4.78 is 53.2. The summed E-state index contributed by atoms with van der Waals surface area (Å²) in [5, 5.41) is 6.69. The smallest absolute Gasteiger partial charge is 0.261 e. The first-order chi connectivity index (χ1) is 14.6. The van der Waals surface area contributed by atoms with Crippen molar-refractivity contribution in [3.63, 3.8) is 0 Å². The standard InChI is InChI=1S/C20H18ClN3O4S3/c1-30(25,26)24-19(20-3-2-12-29-20)13-18(22-24)14-4-8-16(9-5-14)23-31(27,28)17-10-6-15(21)7-11-17/h2-12,19,23H,13H2,1H3. The summed E-state index contributed by atoms with van der Waals surface area (Å²) in [7, 11) is -7.29. The Morgan fingerprint density at radius 3 is 2.29 bits per heavy atom. The molecule has 31 heavy (non-hydrogen) atoms. The van der Waals surface area contributed by atoms with Crippen LogP contribution in [0.15, 0.2) is 76.0 Å². The van der Waals surface area contributed by atoms with Gasteiger partial charge in [-0.1, -0.05) is 29.8 Å². The van der Waals surface area contributed by atoms with Gasteiger partial charge in [0.25, 0.3) is 10.0 Å². The lowest BCUT2D eigenvalue weighted by molar-refractivity contribution is 0.379. The Morgan fingerprint density at radius 2 is 1.71 bits per heavy atom. The predicted octanol–water partition coefficient (Wildman–Crippen LogP) is 4.31. The first-order valence-corrected chi connectivity index (χ1v) is 13.7. The SMILES string of the molecule is CS(=O)(=O)N1N=C(c2ccc(NS(=O)(=O)c3ccc(Cl)cc3)cc2)CC1c1cccs1. The van der Waals surface area contributed by atoms with Crippen LogP contribution in [0.25, 0.3) is 0 Å². The topological polar surface area (TPSA) is 95.9 Å². The normalized spacial score (nSPS) is 16.9. The van der Waals surface area contributed by atoms with Crippen LogP contribution in [0.1, 0.15) is 22.9 Å². The summed E-state index contributed by atoms with van der Waals surface area (Å²) in [5.41, 5.74) is 1.73. The predicted molar refractivity (Wildman–Crippen MR) is 124 cm³/mol. The van der Waals surface area contributed by atoms with Crippen LogP contribution in [-0.2, 0) is 20.0 Å². The molecule has 162 valence electrons. The number of sulfonamides is 2. The number of hydrazone groups is 1. The summed E-state index contributed by atoms with van der Waals surface area (Å²) in [6, 6.07) is 15.9. The Morgan fingerprint density at radius 1 is 1.03 bits per heavy atom. The van der Waals surface area contributed by atoms with Crippen LogP contribution in [-0.4, -0.2) is 33.2 Å². The first-order valence-electron chi connectivity index (χ1n) is 9.12. The van der Waals surface area contributed by atoms with Crippen molar-refractivity contribution in [3.8, 4) is 0 Å². The molecule has 1 aliphatic heterocycles. The van der Waals surface area contributed by atoms with Crippen molar-refractivity contribution < 1.29 is 16.8 Å². The molecular formula is C20H18ClN3O4S3. The van der Waals surface area contributed by atoms with Crippen LogP contribution in [0, 0.1) is 0 Å². The van der Waals surface area contributed by atoms with Crippen molar-refractivity contribution >= 4 is 54.4 Å². The van der Waals surface area contributed by atoms with E-state index in [1.165, 1.54) is 35.6 Å². The van der Waals surface area contributed by atoms with Crippen LogP contribution < -0.4 is 4.72 Å². The molecule has 2 heterocycles. The minimum absolute atomic E-state index is 0.101. The Hall–Kier alpha value is -2.40. The number of hydrogen-bond acceptors (Lipinski definition) is 6. The number of hydrogen-bond donors (Lipinski definition) is 1. The number of anilines is 1. The van der Waals surface area contributed by atoms with E-state index in [-0.39, 0.29) is 10.9 Å². The summed E-state index contributed by atoms with van der Waals surface area (Å²) in [6.07, 6.45) is 1.57. The van der Waals surface area contributed by atoms with Crippen LogP contribution >= 0.6 is 22.9 Å². The highest BCUT2D eigenvalue weighted by Gasteiger charge is 2.35. The molecule has 0 radical (unpaired) electrons.